The van der Waals surface area contributed by atoms with Crippen LogP contribution in [0.5, 0.6) is 0 Å². The molecule has 2 aromatic heterocycles. The van der Waals surface area contributed by atoms with Gasteiger partial charge in [0.25, 0.3) is 0 Å². The molecule has 3 heterocycles. The van der Waals surface area contributed by atoms with Crippen molar-refractivity contribution < 1.29 is 9.53 Å². The molecule has 4 rings (SSSR count). The molecular weight excluding hydrogens is 394 g/mol. The van der Waals surface area contributed by atoms with Crippen LogP contribution in [0, 0.1) is 5.92 Å². The van der Waals surface area contributed by atoms with E-state index in [9.17, 15) is 4.79 Å². The Morgan fingerprint density at radius 3 is 3.04 bits per heavy atom. The second-order valence-corrected chi connectivity index (χ2v) is 9.54. The third kappa shape index (κ3) is 4.59. The van der Waals surface area contributed by atoms with Crippen LogP contribution in [0.1, 0.15) is 23.8 Å². The van der Waals surface area contributed by atoms with Gasteiger partial charge in [-0.15, -0.1) is 11.3 Å². The number of anilines is 1. The number of thioether (sulfide) groups is 1. The summed E-state index contributed by atoms with van der Waals surface area (Å²) in [4.78, 5) is 25.9. The maximum atomic E-state index is 12.1. The third-order valence-corrected chi connectivity index (χ3v) is 7.34. The summed E-state index contributed by atoms with van der Waals surface area (Å²) >= 11 is 3.08. The van der Waals surface area contributed by atoms with Crippen LogP contribution in [-0.2, 0) is 22.4 Å². The van der Waals surface area contributed by atoms with E-state index < -0.39 is 0 Å². The number of carbonyl (C=O) groups excluding carboxylic acids is 1. The molecule has 9 heteroatoms. The van der Waals surface area contributed by atoms with E-state index in [0.717, 1.165) is 55.9 Å². The first-order chi connectivity index (χ1) is 13.6. The monoisotopic (exact) mass is 421 g/mol. The van der Waals surface area contributed by atoms with E-state index in [1.54, 1.807) is 11.3 Å². The number of fused-ring (bicyclic) bond motifs is 3. The number of nitrogens with two attached hydrogens (primary N) is 1. The van der Waals surface area contributed by atoms with Crippen LogP contribution in [0.2, 0.25) is 0 Å². The van der Waals surface area contributed by atoms with E-state index in [0.29, 0.717) is 29.2 Å². The molecule has 7 nitrogen and oxygen atoms in total. The fourth-order valence-electron chi connectivity index (χ4n) is 3.77. The van der Waals surface area contributed by atoms with Crippen molar-refractivity contribution in [3.8, 4) is 0 Å². The Kier molecular flexibility index (Phi) is 6.35. The van der Waals surface area contributed by atoms with Crippen molar-refractivity contribution in [1.82, 2.24) is 20.2 Å². The molecule has 2 aromatic rings. The number of nitrogens with one attached hydrogen (secondary N) is 1. The summed E-state index contributed by atoms with van der Waals surface area (Å²) in [6, 6.07) is 0. The number of nitrogen functional groups attached to an aromatic ring is 1. The highest BCUT2D eigenvalue weighted by molar-refractivity contribution is 7.99. The molecule has 1 atom stereocenters. The second-order valence-electron chi connectivity index (χ2n) is 7.52. The first-order valence-corrected chi connectivity index (χ1v) is 11.7. The number of hydrogen-bond acceptors (Lipinski definition) is 8. The van der Waals surface area contributed by atoms with Crippen LogP contribution in [0.25, 0.3) is 10.2 Å². The van der Waals surface area contributed by atoms with Gasteiger partial charge in [-0.1, -0.05) is 18.7 Å². The van der Waals surface area contributed by atoms with Crippen molar-refractivity contribution in [2.45, 2.75) is 31.3 Å². The molecule has 0 aromatic carbocycles. The van der Waals surface area contributed by atoms with Crippen LogP contribution in [0.15, 0.2) is 5.16 Å². The summed E-state index contributed by atoms with van der Waals surface area (Å²) in [7, 11) is 0. The van der Waals surface area contributed by atoms with Gasteiger partial charge in [-0.25, -0.2) is 9.97 Å². The highest BCUT2D eigenvalue weighted by Gasteiger charge is 2.23. The molecule has 1 unspecified atom stereocenters. The Balaban J connectivity index is 1.32. The summed E-state index contributed by atoms with van der Waals surface area (Å²) in [6.07, 6.45) is 3.35. The first kappa shape index (κ1) is 19.9. The van der Waals surface area contributed by atoms with Gasteiger partial charge in [-0.2, -0.15) is 0 Å². The molecule has 152 valence electrons. The molecule has 0 bridgehead atoms. The van der Waals surface area contributed by atoms with Crippen LogP contribution in [0.3, 0.4) is 0 Å². The molecule has 0 saturated carbocycles. The molecule has 2 aliphatic rings. The minimum atomic E-state index is -0.000161. The zero-order chi connectivity index (χ0) is 19.5. The molecule has 1 saturated heterocycles. The van der Waals surface area contributed by atoms with Gasteiger partial charge in [-0.05, 0) is 30.7 Å². The zero-order valence-electron chi connectivity index (χ0n) is 16.2. The fourth-order valence-corrected chi connectivity index (χ4v) is 5.90. The predicted octanol–water partition coefficient (Wildman–Crippen LogP) is 1.94. The van der Waals surface area contributed by atoms with Crippen molar-refractivity contribution in [3.05, 3.63) is 10.4 Å². The highest BCUT2D eigenvalue weighted by Crippen LogP contribution is 2.39. The van der Waals surface area contributed by atoms with Gasteiger partial charge in [0.15, 0.2) is 5.16 Å². The van der Waals surface area contributed by atoms with Gasteiger partial charge in [0.05, 0.1) is 24.4 Å². The fraction of sp³-hybridized carbons (Fsp3) is 0.632. The van der Waals surface area contributed by atoms with E-state index in [-0.39, 0.29) is 5.91 Å². The first-order valence-electron chi connectivity index (χ1n) is 9.87. The molecule has 0 radical (unpaired) electrons. The number of hydrogen-bond donors (Lipinski definition) is 2. The van der Waals surface area contributed by atoms with Gasteiger partial charge in [-0.3, -0.25) is 9.69 Å². The van der Waals surface area contributed by atoms with Crippen LogP contribution >= 0.6 is 23.1 Å². The van der Waals surface area contributed by atoms with Gasteiger partial charge in [0, 0.05) is 31.1 Å². The highest BCUT2D eigenvalue weighted by atomic mass is 32.2. The molecule has 1 amide bonds. The van der Waals surface area contributed by atoms with E-state index in [2.05, 4.69) is 27.1 Å². The molecule has 1 fully saturated rings. The summed E-state index contributed by atoms with van der Waals surface area (Å²) in [6.45, 7) is 7.21. The minimum Gasteiger partial charge on any atom is -0.383 e. The standard InChI is InChI=1S/C19H27N5O2S2/c1-12-2-3-13-14(10-12)28-18-16(13)17(20)22-19(23-18)27-11-15(25)21-4-5-24-6-8-26-9-7-24/h12H,2-11H2,1H3,(H,21,25)(H2,20,22,23). The number of aryl methyl sites for hydroxylation is 1. The number of aromatic nitrogens is 2. The average molecular weight is 422 g/mol. The summed E-state index contributed by atoms with van der Waals surface area (Å²) < 4.78 is 5.33. The largest absolute Gasteiger partial charge is 0.383 e. The number of carbonyl (C=O) groups is 1. The molecule has 3 N–H and O–H groups in total. The van der Waals surface area contributed by atoms with Gasteiger partial charge in [0.2, 0.25) is 5.91 Å². The lowest BCUT2D eigenvalue weighted by Gasteiger charge is -2.26. The number of thiophene rings is 1. The summed E-state index contributed by atoms with van der Waals surface area (Å²) in [5, 5.41) is 4.59. The number of nitrogens with zero attached hydrogens (tertiary/aromatic N) is 3. The third-order valence-electron chi connectivity index (χ3n) is 5.35. The molecule has 1 aliphatic heterocycles. The average Bonchev–Trinajstić information content (AvgIpc) is 3.05. The molecular formula is C19H27N5O2S2. The van der Waals surface area contributed by atoms with E-state index >= 15 is 0 Å². The Morgan fingerprint density at radius 1 is 1.39 bits per heavy atom. The Labute approximate surface area is 173 Å². The zero-order valence-corrected chi connectivity index (χ0v) is 17.8. The lowest BCUT2D eigenvalue weighted by molar-refractivity contribution is -0.118. The molecule has 1 aliphatic carbocycles. The lowest BCUT2D eigenvalue weighted by Crippen LogP contribution is -2.41. The maximum Gasteiger partial charge on any atom is 0.230 e. The van der Waals surface area contributed by atoms with Gasteiger partial charge < -0.3 is 15.8 Å². The summed E-state index contributed by atoms with van der Waals surface area (Å²) in [5.74, 6) is 1.56. The van der Waals surface area contributed by atoms with E-state index in [1.165, 1.54) is 28.6 Å². The Morgan fingerprint density at radius 2 is 2.21 bits per heavy atom. The SMILES string of the molecule is CC1CCc2c(sc3nc(SCC(=O)NCCN4CCOCC4)nc(N)c23)C1. The van der Waals surface area contributed by atoms with Crippen molar-refractivity contribution >= 4 is 45.0 Å². The second kappa shape index (κ2) is 8.94. The van der Waals surface area contributed by atoms with Gasteiger partial charge in [0.1, 0.15) is 10.6 Å². The Hall–Kier alpha value is -1.42. The molecule has 0 spiro atoms. The lowest BCUT2D eigenvalue weighted by atomic mass is 9.89. The smallest absolute Gasteiger partial charge is 0.230 e. The minimum absolute atomic E-state index is 0.000161. The van der Waals surface area contributed by atoms with E-state index in [4.69, 9.17) is 10.5 Å². The van der Waals surface area contributed by atoms with Crippen molar-refractivity contribution in [2.24, 2.45) is 5.92 Å². The quantitative estimate of drug-likeness (QED) is 0.544. The van der Waals surface area contributed by atoms with Crippen molar-refractivity contribution in [2.75, 3.05) is 50.9 Å². The van der Waals surface area contributed by atoms with Gasteiger partial charge >= 0.3 is 0 Å². The van der Waals surface area contributed by atoms with Crippen LogP contribution < -0.4 is 11.1 Å². The number of rotatable bonds is 6. The number of ether oxygens (including phenoxy) is 1. The summed E-state index contributed by atoms with van der Waals surface area (Å²) in [5.41, 5.74) is 7.60. The predicted molar refractivity (Wildman–Crippen MR) is 114 cm³/mol. The van der Waals surface area contributed by atoms with E-state index in [1.807, 2.05) is 0 Å². The van der Waals surface area contributed by atoms with Crippen LogP contribution in [-0.4, -0.2) is 65.9 Å². The number of morpholine rings is 1. The number of amides is 1. The van der Waals surface area contributed by atoms with Crippen molar-refractivity contribution in [1.29, 1.82) is 0 Å². The van der Waals surface area contributed by atoms with Crippen LogP contribution in [0.4, 0.5) is 5.82 Å². The topological polar surface area (TPSA) is 93.4 Å². The normalized spacial score (nSPS) is 20.2. The van der Waals surface area contributed by atoms with Crippen molar-refractivity contribution in [3.63, 3.8) is 0 Å². The Bertz CT molecular complexity index is 850. The maximum absolute atomic E-state index is 12.1. The molecule has 28 heavy (non-hydrogen) atoms.